The van der Waals surface area contributed by atoms with Crippen LogP contribution in [0.2, 0.25) is 0 Å². The molecule has 2 rings (SSSR count). The number of carbonyl (C=O) groups excluding carboxylic acids is 2. The van der Waals surface area contributed by atoms with E-state index in [0.29, 0.717) is 42.0 Å². The van der Waals surface area contributed by atoms with Crippen molar-refractivity contribution in [3.8, 4) is 11.5 Å². The number of aldehydes is 1. The number of aliphatic hydroxyl groups excluding tert-OH is 1. The molecule has 0 amide bonds. The van der Waals surface area contributed by atoms with E-state index < -0.39 is 6.10 Å². The molecule has 0 heterocycles. The molecule has 0 spiro atoms. The summed E-state index contributed by atoms with van der Waals surface area (Å²) in [5.74, 6) is 0.223. The van der Waals surface area contributed by atoms with Crippen LogP contribution >= 0.6 is 0 Å². The van der Waals surface area contributed by atoms with Crippen molar-refractivity contribution in [3.05, 3.63) is 34.9 Å². The van der Waals surface area contributed by atoms with Crippen LogP contribution in [0.1, 0.15) is 67.9 Å². The molecule has 0 saturated heterocycles. The van der Waals surface area contributed by atoms with Crippen molar-refractivity contribution in [1.82, 2.24) is 0 Å². The molecular weight excluding hydrogens is 356 g/mol. The van der Waals surface area contributed by atoms with E-state index in [0.717, 1.165) is 12.8 Å². The number of carbonyl (C=O) groups is 2. The second-order valence-corrected chi connectivity index (χ2v) is 8.58. The summed E-state index contributed by atoms with van der Waals surface area (Å²) < 4.78 is 0. The maximum Gasteiger partial charge on any atom is 0.154 e. The molecule has 0 aromatic heterocycles. The highest BCUT2D eigenvalue weighted by Crippen LogP contribution is 2.47. The van der Waals surface area contributed by atoms with Crippen molar-refractivity contribution in [2.24, 2.45) is 17.3 Å². The van der Waals surface area contributed by atoms with Gasteiger partial charge in [-0.1, -0.05) is 27.4 Å². The standard InChI is InChI=1S/C23H32O5/c1-13(8-9-23(5)15(3)6-7-19(25)16(23)4)20(26)11-17-21(27)10-14(2)18(12-24)22(17)28/h10,12,15-16,20,26-28H,1,6-9,11H2,2-5H3/t15-,16+,20?,23+/m1/s1. The Morgan fingerprint density at radius 2 is 2.04 bits per heavy atom. The second kappa shape index (κ2) is 8.48. The summed E-state index contributed by atoms with van der Waals surface area (Å²) in [6, 6.07) is 1.41. The van der Waals surface area contributed by atoms with Gasteiger partial charge in [-0.3, -0.25) is 9.59 Å². The maximum atomic E-state index is 12.2. The zero-order valence-corrected chi connectivity index (χ0v) is 17.3. The summed E-state index contributed by atoms with van der Waals surface area (Å²) in [6.07, 6.45) is 2.35. The molecule has 1 aliphatic carbocycles. The highest BCUT2D eigenvalue weighted by atomic mass is 16.3. The fourth-order valence-electron chi connectivity index (χ4n) is 4.29. The third-order valence-corrected chi connectivity index (χ3v) is 7.02. The van der Waals surface area contributed by atoms with Crippen molar-refractivity contribution in [2.75, 3.05) is 0 Å². The summed E-state index contributed by atoms with van der Waals surface area (Å²) in [4.78, 5) is 23.4. The molecule has 0 bridgehead atoms. The number of hydrogen-bond donors (Lipinski definition) is 3. The van der Waals surface area contributed by atoms with Crippen LogP contribution in [0.25, 0.3) is 0 Å². The van der Waals surface area contributed by atoms with Gasteiger partial charge in [-0.05, 0) is 54.7 Å². The molecule has 5 nitrogen and oxygen atoms in total. The van der Waals surface area contributed by atoms with Gasteiger partial charge in [0.05, 0.1) is 11.7 Å². The highest BCUT2D eigenvalue weighted by molar-refractivity contribution is 5.83. The minimum atomic E-state index is -0.965. The number of phenolic OH excluding ortho intramolecular Hbond substituents is 2. The largest absolute Gasteiger partial charge is 0.508 e. The van der Waals surface area contributed by atoms with Gasteiger partial charge in [-0.25, -0.2) is 0 Å². The van der Waals surface area contributed by atoms with E-state index in [1.54, 1.807) is 6.92 Å². The molecule has 0 radical (unpaired) electrons. The molecule has 1 aliphatic rings. The van der Waals surface area contributed by atoms with Crippen LogP contribution in [0.3, 0.4) is 0 Å². The minimum absolute atomic E-state index is 0.0264. The summed E-state index contributed by atoms with van der Waals surface area (Å²) in [6.45, 7) is 11.9. The summed E-state index contributed by atoms with van der Waals surface area (Å²) >= 11 is 0. The SMILES string of the molecule is C=C(CC[C@@]1(C)[C@H](C)CCC(=O)[C@@H]1C)C(O)Cc1c(O)cc(C)c(C=O)c1O. The smallest absolute Gasteiger partial charge is 0.154 e. The van der Waals surface area contributed by atoms with E-state index in [1.165, 1.54) is 6.07 Å². The zero-order chi connectivity index (χ0) is 21.2. The Balaban J connectivity index is 2.10. The first-order chi connectivity index (χ1) is 13.0. The van der Waals surface area contributed by atoms with Crippen molar-refractivity contribution >= 4 is 12.1 Å². The van der Waals surface area contributed by atoms with Crippen LogP contribution in [-0.4, -0.2) is 33.5 Å². The van der Waals surface area contributed by atoms with Gasteiger partial charge < -0.3 is 15.3 Å². The first-order valence-electron chi connectivity index (χ1n) is 9.90. The van der Waals surface area contributed by atoms with Gasteiger partial charge in [0, 0.05) is 24.3 Å². The Morgan fingerprint density at radius 1 is 1.39 bits per heavy atom. The van der Waals surface area contributed by atoms with Gasteiger partial charge in [0.2, 0.25) is 0 Å². The predicted octanol–water partition coefficient (Wildman–Crippen LogP) is 4.10. The molecule has 154 valence electrons. The molecule has 28 heavy (non-hydrogen) atoms. The number of rotatable bonds is 7. The van der Waals surface area contributed by atoms with E-state index >= 15 is 0 Å². The van der Waals surface area contributed by atoms with Gasteiger partial charge in [-0.15, -0.1) is 0 Å². The molecule has 1 fully saturated rings. The third-order valence-electron chi connectivity index (χ3n) is 7.02. The van der Waals surface area contributed by atoms with E-state index in [1.807, 2.05) is 6.92 Å². The molecule has 4 atom stereocenters. The van der Waals surface area contributed by atoms with E-state index in [-0.39, 0.29) is 40.4 Å². The lowest BCUT2D eigenvalue weighted by Crippen LogP contribution is -2.41. The average molecular weight is 389 g/mol. The maximum absolute atomic E-state index is 12.2. The van der Waals surface area contributed by atoms with Crippen LogP contribution in [-0.2, 0) is 11.2 Å². The Morgan fingerprint density at radius 3 is 2.64 bits per heavy atom. The van der Waals surface area contributed by atoms with Crippen LogP contribution in [0.4, 0.5) is 0 Å². The van der Waals surface area contributed by atoms with E-state index in [4.69, 9.17) is 0 Å². The fourth-order valence-corrected chi connectivity index (χ4v) is 4.29. The Hall–Kier alpha value is -2.14. The van der Waals surface area contributed by atoms with Crippen LogP contribution in [0.5, 0.6) is 11.5 Å². The molecule has 3 N–H and O–H groups in total. The summed E-state index contributed by atoms with van der Waals surface area (Å²) in [5, 5.41) is 31.0. The molecule has 0 aliphatic heterocycles. The summed E-state index contributed by atoms with van der Waals surface area (Å²) in [5.41, 5.74) is 1.17. The van der Waals surface area contributed by atoms with Crippen LogP contribution in [0.15, 0.2) is 18.2 Å². The molecule has 1 unspecified atom stereocenters. The van der Waals surface area contributed by atoms with E-state index in [2.05, 4.69) is 20.4 Å². The van der Waals surface area contributed by atoms with Crippen LogP contribution < -0.4 is 0 Å². The number of hydrogen-bond acceptors (Lipinski definition) is 5. The molecule has 1 aromatic rings. The van der Waals surface area contributed by atoms with Gasteiger partial charge in [0.1, 0.15) is 17.3 Å². The zero-order valence-electron chi connectivity index (χ0n) is 17.3. The van der Waals surface area contributed by atoms with Gasteiger partial charge in [0.25, 0.3) is 0 Å². The first-order valence-corrected chi connectivity index (χ1v) is 9.90. The molecule has 1 saturated carbocycles. The van der Waals surface area contributed by atoms with Crippen molar-refractivity contribution in [2.45, 2.75) is 65.9 Å². The lowest BCUT2D eigenvalue weighted by atomic mass is 9.59. The number of benzene rings is 1. The number of aliphatic hydroxyl groups is 1. The normalized spacial score (nSPS) is 26.1. The summed E-state index contributed by atoms with van der Waals surface area (Å²) in [7, 11) is 0. The van der Waals surface area contributed by atoms with E-state index in [9.17, 15) is 24.9 Å². The van der Waals surface area contributed by atoms with Gasteiger partial charge in [-0.2, -0.15) is 0 Å². The van der Waals surface area contributed by atoms with Crippen molar-refractivity contribution in [3.63, 3.8) is 0 Å². The number of ketones is 1. The monoisotopic (exact) mass is 388 g/mol. The van der Waals surface area contributed by atoms with Crippen molar-refractivity contribution in [1.29, 1.82) is 0 Å². The second-order valence-electron chi connectivity index (χ2n) is 8.58. The average Bonchev–Trinajstić information content (AvgIpc) is 2.64. The Labute approximate surface area is 167 Å². The minimum Gasteiger partial charge on any atom is -0.508 e. The quantitative estimate of drug-likeness (QED) is 0.483. The Bertz CT molecular complexity index is 782. The highest BCUT2D eigenvalue weighted by Gasteiger charge is 2.43. The Kier molecular flexibility index (Phi) is 6.71. The van der Waals surface area contributed by atoms with Crippen LogP contribution in [0, 0.1) is 24.2 Å². The number of aromatic hydroxyl groups is 2. The third kappa shape index (κ3) is 4.14. The molecule has 5 heteroatoms. The fraction of sp³-hybridized carbons (Fsp3) is 0.565. The lowest BCUT2D eigenvalue weighted by Gasteiger charge is -2.44. The number of Topliss-reactive ketones (excluding diaryl/α,β-unsaturated/α-hetero) is 1. The van der Waals surface area contributed by atoms with Gasteiger partial charge >= 0.3 is 0 Å². The predicted molar refractivity (Wildman–Crippen MR) is 109 cm³/mol. The van der Waals surface area contributed by atoms with Gasteiger partial charge in [0.15, 0.2) is 6.29 Å². The van der Waals surface area contributed by atoms with Crippen molar-refractivity contribution < 1.29 is 24.9 Å². The number of aryl methyl sites for hydroxylation is 1. The lowest BCUT2D eigenvalue weighted by molar-refractivity contribution is -0.132. The molecule has 1 aromatic carbocycles. The topological polar surface area (TPSA) is 94.8 Å². The first kappa shape index (κ1) is 22.2. The number of phenols is 2. The molecular formula is C23H32O5.